The van der Waals surface area contributed by atoms with Gasteiger partial charge in [-0.15, -0.1) is 0 Å². The zero-order valence-electron chi connectivity index (χ0n) is 17.6. The van der Waals surface area contributed by atoms with Gasteiger partial charge in [0.25, 0.3) is 5.91 Å². The second-order valence-electron chi connectivity index (χ2n) is 6.97. The highest BCUT2D eigenvalue weighted by Crippen LogP contribution is 2.11. The summed E-state index contributed by atoms with van der Waals surface area (Å²) in [6.45, 7) is 8.24. The van der Waals surface area contributed by atoms with Crippen LogP contribution < -0.4 is 10.6 Å². The van der Waals surface area contributed by atoms with Crippen LogP contribution in [0.25, 0.3) is 0 Å². The van der Waals surface area contributed by atoms with E-state index in [4.69, 9.17) is 9.47 Å². The minimum Gasteiger partial charge on any atom is -0.380 e. The lowest BCUT2D eigenvalue weighted by Gasteiger charge is -2.23. The number of aromatic nitrogens is 1. The average molecular weight is 422 g/mol. The molecular weight excluding hydrogens is 394 g/mol. The summed E-state index contributed by atoms with van der Waals surface area (Å²) in [6, 6.07) is 11.0. The predicted octanol–water partition coefficient (Wildman–Crippen LogP) is 2.69. The molecule has 0 unspecified atom stereocenters. The van der Waals surface area contributed by atoms with Gasteiger partial charge < -0.3 is 20.1 Å². The number of ether oxygens (including phenoxy) is 2. The number of nitrogens with one attached hydrogen (secondary N) is 2. The molecule has 1 aromatic heterocycles. The van der Waals surface area contributed by atoms with Crippen LogP contribution in [0.15, 0.2) is 71.6 Å². The van der Waals surface area contributed by atoms with Crippen LogP contribution in [-0.4, -0.2) is 61.3 Å². The van der Waals surface area contributed by atoms with E-state index in [0.29, 0.717) is 44.2 Å². The van der Waals surface area contributed by atoms with E-state index in [2.05, 4.69) is 32.4 Å². The molecule has 3 rings (SSSR count). The molecule has 0 radical (unpaired) electrons. The normalized spacial score (nSPS) is 17.1. The van der Waals surface area contributed by atoms with Crippen molar-refractivity contribution in [3.63, 3.8) is 0 Å². The Morgan fingerprint density at radius 3 is 2.81 bits per heavy atom. The van der Waals surface area contributed by atoms with Crippen LogP contribution in [0, 0.1) is 0 Å². The van der Waals surface area contributed by atoms with Crippen molar-refractivity contribution in [1.29, 1.82) is 0 Å². The highest BCUT2D eigenvalue weighted by atomic mass is 16.6. The number of allylic oxidation sites excluding steroid dienone is 1. The summed E-state index contributed by atoms with van der Waals surface area (Å²) in [6.07, 6.45) is 4.95. The minimum absolute atomic E-state index is 0.106. The molecule has 1 fully saturated rings. The van der Waals surface area contributed by atoms with Crippen LogP contribution in [0.5, 0.6) is 0 Å². The summed E-state index contributed by atoms with van der Waals surface area (Å²) in [7, 11) is 0. The van der Waals surface area contributed by atoms with Gasteiger partial charge in [-0.25, -0.2) is 0 Å². The fourth-order valence-electron chi connectivity index (χ4n) is 2.88. The van der Waals surface area contributed by atoms with E-state index in [1.807, 2.05) is 31.2 Å². The molecule has 2 heterocycles. The summed E-state index contributed by atoms with van der Waals surface area (Å²) in [5.74, 6) is -0.152. The Morgan fingerprint density at radius 2 is 2.06 bits per heavy atom. The van der Waals surface area contributed by atoms with Crippen LogP contribution in [0.4, 0.5) is 5.69 Å². The number of carbonyl (C=O) groups excluding carboxylic acids is 1. The van der Waals surface area contributed by atoms with Crippen LogP contribution in [-0.2, 0) is 9.47 Å². The van der Waals surface area contributed by atoms with Gasteiger partial charge in [0.2, 0.25) is 0 Å². The highest BCUT2D eigenvalue weighted by molar-refractivity contribution is 6.08. The van der Waals surface area contributed by atoms with Crippen LogP contribution in [0.3, 0.4) is 0 Å². The van der Waals surface area contributed by atoms with Crippen molar-refractivity contribution in [3.8, 4) is 0 Å². The fourth-order valence-corrected chi connectivity index (χ4v) is 2.88. The summed E-state index contributed by atoms with van der Waals surface area (Å²) in [4.78, 5) is 16.4. The lowest BCUT2D eigenvalue weighted by Crippen LogP contribution is -2.39. The van der Waals surface area contributed by atoms with Gasteiger partial charge in [-0.2, -0.15) is 10.2 Å². The van der Waals surface area contributed by atoms with E-state index in [0.717, 1.165) is 17.0 Å². The number of amides is 1. The van der Waals surface area contributed by atoms with Gasteiger partial charge in [-0.3, -0.25) is 9.78 Å². The molecule has 0 saturated carbocycles. The Balaban J connectivity index is 1.54. The monoisotopic (exact) mass is 421 g/mol. The molecule has 8 nitrogen and oxygen atoms in total. The molecule has 1 aliphatic rings. The third-order valence-corrected chi connectivity index (χ3v) is 4.55. The molecule has 2 N–H and O–H groups in total. The number of benzene rings is 1. The van der Waals surface area contributed by atoms with E-state index in [1.165, 1.54) is 0 Å². The zero-order valence-corrected chi connectivity index (χ0v) is 17.6. The highest BCUT2D eigenvalue weighted by Gasteiger charge is 2.15. The Labute approximate surface area is 182 Å². The van der Waals surface area contributed by atoms with Gasteiger partial charge in [-0.05, 0) is 43.3 Å². The third-order valence-electron chi connectivity index (χ3n) is 4.55. The summed E-state index contributed by atoms with van der Waals surface area (Å²) in [5, 5.41) is 14.7. The van der Waals surface area contributed by atoms with Gasteiger partial charge in [0, 0.05) is 35.8 Å². The van der Waals surface area contributed by atoms with Crippen molar-refractivity contribution < 1.29 is 14.3 Å². The molecule has 1 aliphatic heterocycles. The lowest BCUT2D eigenvalue weighted by molar-refractivity contribution is -0.0855. The number of carbonyl (C=O) groups is 1. The molecular formula is C23H27N5O3. The number of nitrogens with zero attached hydrogens (tertiary/aromatic N) is 3. The standard InChI is InChI=1S/C23H27N5O3/c1-3-22(18-7-9-24-10-8-18)28-27-17(2)14-25-20-6-4-5-19(13-20)23(29)26-15-21-16-30-11-12-31-21/h3-10,13,21,25H,1,11-12,14-16H2,2H3,(H,26,29)/b27-17+,28-22+/t21-/m0/s1. The van der Waals surface area contributed by atoms with Crippen molar-refractivity contribution in [2.24, 2.45) is 10.2 Å². The van der Waals surface area contributed by atoms with Crippen molar-refractivity contribution in [1.82, 2.24) is 10.3 Å². The third kappa shape index (κ3) is 7.13. The van der Waals surface area contributed by atoms with Crippen molar-refractivity contribution in [3.05, 3.63) is 72.6 Å². The topological polar surface area (TPSA) is 97.2 Å². The van der Waals surface area contributed by atoms with E-state index in [9.17, 15) is 4.79 Å². The smallest absolute Gasteiger partial charge is 0.251 e. The molecule has 2 aromatic rings. The molecule has 31 heavy (non-hydrogen) atoms. The van der Waals surface area contributed by atoms with Crippen LogP contribution in [0.2, 0.25) is 0 Å². The van der Waals surface area contributed by atoms with Crippen LogP contribution >= 0.6 is 0 Å². The van der Waals surface area contributed by atoms with Gasteiger partial charge in [-0.1, -0.05) is 12.6 Å². The maximum Gasteiger partial charge on any atom is 0.251 e. The Hall–Kier alpha value is -3.36. The summed E-state index contributed by atoms with van der Waals surface area (Å²) in [5.41, 5.74) is 3.76. The molecule has 1 atom stereocenters. The first kappa shape index (κ1) is 22.3. The van der Waals surface area contributed by atoms with Crippen molar-refractivity contribution in [2.45, 2.75) is 13.0 Å². The molecule has 0 spiro atoms. The number of anilines is 1. The number of rotatable bonds is 9. The quantitative estimate of drug-likeness (QED) is 0.479. The summed E-state index contributed by atoms with van der Waals surface area (Å²) < 4.78 is 10.9. The van der Waals surface area contributed by atoms with Crippen LogP contribution in [0.1, 0.15) is 22.8 Å². The molecule has 8 heteroatoms. The number of hydrogen-bond donors (Lipinski definition) is 2. The predicted molar refractivity (Wildman–Crippen MR) is 122 cm³/mol. The van der Waals surface area contributed by atoms with E-state index < -0.39 is 0 Å². The zero-order chi connectivity index (χ0) is 21.9. The number of hydrogen-bond acceptors (Lipinski definition) is 7. The van der Waals surface area contributed by atoms with Gasteiger partial charge >= 0.3 is 0 Å². The second kappa shape index (κ2) is 11.7. The lowest BCUT2D eigenvalue weighted by atomic mass is 10.2. The van der Waals surface area contributed by atoms with E-state index >= 15 is 0 Å². The van der Waals surface area contributed by atoms with E-state index in [-0.39, 0.29) is 12.0 Å². The molecule has 1 amide bonds. The van der Waals surface area contributed by atoms with Crippen molar-refractivity contribution in [2.75, 3.05) is 38.2 Å². The largest absolute Gasteiger partial charge is 0.380 e. The molecule has 162 valence electrons. The van der Waals surface area contributed by atoms with Crippen molar-refractivity contribution >= 4 is 23.0 Å². The first-order valence-corrected chi connectivity index (χ1v) is 10.1. The van der Waals surface area contributed by atoms with Gasteiger partial charge in [0.15, 0.2) is 0 Å². The SMILES string of the molecule is C=C/C(=N\N=C(/C)CNc1cccc(C(=O)NC[C@H]2COCCO2)c1)c1ccncc1. The maximum atomic E-state index is 12.4. The van der Waals surface area contributed by atoms with Gasteiger partial charge in [0.1, 0.15) is 0 Å². The first-order valence-electron chi connectivity index (χ1n) is 10.1. The van der Waals surface area contributed by atoms with Gasteiger partial charge in [0.05, 0.1) is 43.9 Å². The summed E-state index contributed by atoms with van der Waals surface area (Å²) >= 11 is 0. The Kier molecular flexibility index (Phi) is 8.45. The minimum atomic E-state index is -0.152. The molecule has 1 aromatic carbocycles. The molecule has 0 aliphatic carbocycles. The molecule has 0 bridgehead atoms. The Morgan fingerprint density at radius 1 is 1.23 bits per heavy atom. The second-order valence-corrected chi connectivity index (χ2v) is 6.97. The average Bonchev–Trinajstić information content (AvgIpc) is 2.83. The number of pyridine rings is 1. The van der Waals surface area contributed by atoms with E-state index in [1.54, 1.807) is 30.6 Å². The Bertz CT molecular complexity index is 937. The maximum absolute atomic E-state index is 12.4. The first-order chi connectivity index (χ1) is 15.2. The molecule has 1 saturated heterocycles. The fraction of sp³-hybridized carbons (Fsp3) is 0.304.